The van der Waals surface area contributed by atoms with Crippen molar-refractivity contribution in [3.8, 4) is 0 Å². The summed E-state index contributed by atoms with van der Waals surface area (Å²) in [6.07, 6.45) is 58.8. The van der Waals surface area contributed by atoms with Gasteiger partial charge in [0.25, 0.3) is 0 Å². The van der Waals surface area contributed by atoms with Gasteiger partial charge in [0.05, 0.1) is 38.6 Å². The Kier molecular flexibility index (Phi) is 62.5. The van der Waals surface area contributed by atoms with Crippen LogP contribution >= 0.6 is 0 Å². The highest BCUT2D eigenvalue weighted by Crippen LogP contribution is 2.34. The number of ether oxygens (including phenoxy) is 6. The van der Waals surface area contributed by atoms with Crippen molar-refractivity contribution in [2.24, 2.45) is 0 Å². The predicted octanol–water partition coefficient (Wildman–Crippen LogP) is 16.2. The van der Waals surface area contributed by atoms with Crippen LogP contribution < -0.4 is 5.32 Å². The lowest BCUT2D eigenvalue weighted by Crippen LogP contribution is -2.66. The third-order valence-corrected chi connectivity index (χ3v) is 22.2. The molecule has 3 saturated heterocycles. The average molecular weight is 1510 g/mol. The van der Waals surface area contributed by atoms with Crippen LogP contribution in [0.3, 0.4) is 0 Å². The summed E-state index contributed by atoms with van der Waals surface area (Å²) in [5.74, 6) is -0.281. The zero-order valence-corrected chi connectivity index (χ0v) is 67.2. The Morgan fingerprint density at radius 1 is 0.330 bits per heavy atom. The molecule has 0 aromatic carbocycles. The third-order valence-electron chi connectivity index (χ3n) is 22.2. The molecule has 0 aromatic heterocycles. The van der Waals surface area contributed by atoms with Gasteiger partial charge in [-0.2, -0.15) is 0 Å². The third kappa shape index (κ3) is 46.3. The van der Waals surface area contributed by atoms with Crippen LogP contribution in [0, 0.1) is 0 Å². The number of amides is 1. The Bertz CT molecular complexity index is 2050. The number of unbranched alkanes of at least 4 members (excludes halogenated alkanes) is 52. The SMILES string of the molecule is CCCCCCCCCCCCCCCCCCCCCCCCC/C=C/CC/C=C/CC/C=C/C(O)C(COC1OC(CO)C(OC2OC(CO)C(OC3OC(CO)C(O)C(O)C3O)C(O)C2O)C(O)C1O)NC(=O)CCCCCCCCCCCCCCCCCCCCCCCCCCCCCC. The van der Waals surface area contributed by atoms with Crippen LogP contribution in [0.2, 0.25) is 0 Å². The van der Waals surface area contributed by atoms with E-state index in [-0.39, 0.29) is 18.9 Å². The molecule has 0 radical (unpaired) electrons. The number of carbonyl (C=O) groups excluding carboxylic acids is 1. The Labute approximate surface area is 644 Å². The zero-order chi connectivity index (χ0) is 76.7. The molecule has 19 heteroatoms. The van der Waals surface area contributed by atoms with E-state index in [1.807, 2.05) is 6.08 Å². The number of aliphatic hydroxyl groups is 11. The molecule has 106 heavy (non-hydrogen) atoms. The van der Waals surface area contributed by atoms with E-state index < -0.39 is 124 Å². The summed E-state index contributed by atoms with van der Waals surface area (Å²) in [6.45, 7) is 1.78. The minimum absolute atomic E-state index is 0.237. The second-order valence-electron chi connectivity index (χ2n) is 31.7. The summed E-state index contributed by atoms with van der Waals surface area (Å²) < 4.78 is 34.5. The normalized spacial score (nSPS) is 25.8. The van der Waals surface area contributed by atoms with Crippen molar-refractivity contribution < 1.29 is 89.4 Å². The van der Waals surface area contributed by atoms with Crippen molar-refractivity contribution in [3.63, 3.8) is 0 Å². The number of aliphatic hydroxyl groups excluding tert-OH is 11. The van der Waals surface area contributed by atoms with Crippen molar-refractivity contribution >= 4 is 5.91 Å². The second kappa shape index (κ2) is 67.5. The maximum atomic E-state index is 13.5. The molecule has 1 amide bonds. The maximum absolute atomic E-state index is 13.5. The fourth-order valence-corrected chi connectivity index (χ4v) is 15.1. The molecule has 0 spiro atoms. The van der Waals surface area contributed by atoms with Crippen LogP contribution in [0.5, 0.6) is 0 Å². The van der Waals surface area contributed by atoms with Crippen LogP contribution in [0.15, 0.2) is 36.5 Å². The van der Waals surface area contributed by atoms with Gasteiger partial charge in [0.2, 0.25) is 5.91 Å². The summed E-state index contributed by atoms with van der Waals surface area (Å²) >= 11 is 0. The first-order valence-electron chi connectivity index (χ1n) is 44.2. The fourth-order valence-electron chi connectivity index (χ4n) is 15.1. The van der Waals surface area contributed by atoms with Gasteiger partial charge in [-0.15, -0.1) is 0 Å². The van der Waals surface area contributed by atoms with Gasteiger partial charge in [-0.3, -0.25) is 4.79 Å². The second-order valence-corrected chi connectivity index (χ2v) is 31.7. The van der Waals surface area contributed by atoms with E-state index in [0.717, 1.165) is 44.9 Å². The van der Waals surface area contributed by atoms with Gasteiger partial charge in [0.1, 0.15) is 73.2 Å². The van der Waals surface area contributed by atoms with Gasteiger partial charge in [-0.05, 0) is 44.9 Å². The van der Waals surface area contributed by atoms with Crippen LogP contribution in [0.4, 0.5) is 0 Å². The predicted molar refractivity (Wildman–Crippen MR) is 425 cm³/mol. The highest BCUT2D eigenvalue weighted by atomic mass is 16.8. The van der Waals surface area contributed by atoms with E-state index in [4.69, 9.17) is 28.4 Å². The maximum Gasteiger partial charge on any atom is 0.220 e. The summed E-state index contributed by atoms with van der Waals surface area (Å²) in [5, 5.41) is 121. The lowest BCUT2D eigenvalue weighted by atomic mass is 9.96. The molecule has 3 heterocycles. The molecule has 3 rings (SSSR count). The van der Waals surface area contributed by atoms with Gasteiger partial charge >= 0.3 is 0 Å². The minimum Gasteiger partial charge on any atom is -0.394 e. The molecule has 3 aliphatic heterocycles. The van der Waals surface area contributed by atoms with Crippen molar-refractivity contribution in [2.45, 2.75) is 484 Å². The van der Waals surface area contributed by atoms with E-state index in [1.165, 1.54) is 302 Å². The Morgan fingerprint density at radius 2 is 0.604 bits per heavy atom. The van der Waals surface area contributed by atoms with E-state index in [2.05, 4.69) is 43.5 Å². The van der Waals surface area contributed by atoms with E-state index in [0.29, 0.717) is 12.8 Å². The molecule has 19 nitrogen and oxygen atoms in total. The van der Waals surface area contributed by atoms with Crippen molar-refractivity contribution in [1.29, 1.82) is 0 Å². The average Bonchev–Trinajstić information content (AvgIpc) is 0.781. The van der Waals surface area contributed by atoms with E-state index >= 15 is 0 Å². The number of allylic oxidation sites excluding steroid dienone is 5. The smallest absolute Gasteiger partial charge is 0.220 e. The lowest BCUT2D eigenvalue weighted by Gasteiger charge is -2.48. The molecule has 0 saturated carbocycles. The van der Waals surface area contributed by atoms with Crippen LogP contribution in [0.25, 0.3) is 0 Å². The molecular formula is C87H163NO18. The van der Waals surface area contributed by atoms with E-state index in [9.17, 15) is 61.0 Å². The van der Waals surface area contributed by atoms with Crippen molar-refractivity contribution in [3.05, 3.63) is 36.5 Å². The monoisotopic (exact) mass is 1510 g/mol. The number of rotatable bonds is 72. The highest BCUT2D eigenvalue weighted by Gasteiger charge is 2.54. The number of hydrogen-bond acceptors (Lipinski definition) is 18. The molecule has 17 unspecified atom stereocenters. The van der Waals surface area contributed by atoms with E-state index in [1.54, 1.807) is 6.08 Å². The molecule has 0 bridgehead atoms. The Morgan fingerprint density at radius 3 is 0.943 bits per heavy atom. The first-order valence-corrected chi connectivity index (χ1v) is 44.2. The van der Waals surface area contributed by atoms with Crippen LogP contribution in [-0.4, -0.2) is 193 Å². The molecule has 3 fully saturated rings. The molecule has 12 N–H and O–H groups in total. The standard InChI is InChI=1S/C87H163NO18/c1-3-5-7-9-11-13-15-17-19-21-23-25-27-29-31-33-34-35-36-37-38-40-42-44-46-48-50-52-54-56-58-60-62-64-71(92)70(88-75(93)65-63-61-59-57-55-53-51-49-47-45-43-41-39-32-30-28-26-24-22-20-18-16-14-12-10-8-6-4-2)69-101-85-81(99)78(96)83(73(67-90)103-85)106-87-82(100)79(97)84(74(68-91)104-87)105-86-80(98)77(95)76(94)72(66-89)102-86/h46,48,54,56,62,64,70-74,76-87,89-92,94-100H,3-45,47,49-53,55,57-61,63,65-69H2,1-2H3,(H,88,93)/b48-46+,56-54+,64-62+. The van der Waals surface area contributed by atoms with Gasteiger partial charge in [0, 0.05) is 6.42 Å². The highest BCUT2D eigenvalue weighted by molar-refractivity contribution is 5.76. The van der Waals surface area contributed by atoms with Gasteiger partial charge in [0.15, 0.2) is 18.9 Å². The molecule has 17 atom stereocenters. The first kappa shape index (κ1) is 98.2. The molecule has 3 aliphatic rings. The van der Waals surface area contributed by atoms with Crippen molar-refractivity contribution in [2.75, 3.05) is 26.4 Å². The topological polar surface area (TPSA) is 307 Å². The molecule has 624 valence electrons. The number of hydrogen-bond donors (Lipinski definition) is 12. The zero-order valence-electron chi connectivity index (χ0n) is 67.2. The Hall–Kier alpha value is -1.99. The largest absolute Gasteiger partial charge is 0.394 e. The van der Waals surface area contributed by atoms with Crippen LogP contribution in [0.1, 0.15) is 380 Å². The fraction of sp³-hybridized carbons (Fsp3) is 0.920. The summed E-state index contributed by atoms with van der Waals surface area (Å²) in [6, 6.07) is -0.997. The summed E-state index contributed by atoms with van der Waals surface area (Å²) in [5.41, 5.74) is 0. The quantitative estimate of drug-likeness (QED) is 0.0199. The number of carbonyl (C=O) groups is 1. The first-order chi connectivity index (χ1) is 51.8. The summed E-state index contributed by atoms with van der Waals surface area (Å²) in [4.78, 5) is 13.5. The molecular weight excluding hydrogens is 1350 g/mol. The van der Waals surface area contributed by atoms with Gasteiger partial charge in [-0.25, -0.2) is 0 Å². The van der Waals surface area contributed by atoms with Crippen LogP contribution in [-0.2, 0) is 33.2 Å². The Balaban J connectivity index is 1.36. The lowest BCUT2D eigenvalue weighted by molar-refractivity contribution is -0.379. The summed E-state index contributed by atoms with van der Waals surface area (Å²) in [7, 11) is 0. The molecule has 0 aromatic rings. The minimum atomic E-state index is -1.98. The van der Waals surface area contributed by atoms with Crippen molar-refractivity contribution in [1.82, 2.24) is 5.32 Å². The molecule has 0 aliphatic carbocycles. The van der Waals surface area contributed by atoms with Gasteiger partial charge in [-0.1, -0.05) is 365 Å². The number of nitrogens with one attached hydrogen (secondary N) is 1. The van der Waals surface area contributed by atoms with Gasteiger partial charge < -0.3 is 89.9 Å².